The summed E-state index contributed by atoms with van der Waals surface area (Å²) in [6, 6.07) is 18.3. The third kappa shape index (κ3) is 4.92. The van der Waals surface area contributed by atoms with Crippen LogP contribution in [0.1, 0.15) is 41.9 Å². The molecule has 140 valence electrons. The number of aromatic amines is 1. The lowest BCUT2D eigenvalue weighted by Gasteiger charge is -2.18. The number of benzene rings is 2. The molecule has 2 aromatic carbocycles. The van der Waals surface area contributed by atoms with E-state index in [1.807, 2.05) is 34.9 Å². The topological polar surface area (TPSA) is 62.7 Å². The third-order valence-corrected chi connectivity index (χ3v) is 4.87. The summed E-state index contributed by atoms with van der Waals surface area (Å²) in [5, 5.41) is 10.2. The Balaban J connectivity index is 1.70. The standard InChI is InChI=1S/C21H24N4OS/c1-3-18(17-11-9-15(2)10-12-17)22-20(26)13-19-23-24-21(27)25(19)14-16-7-5-4-6-8-16/h4-12,18H,3,13-14H2,1-2H3,(H,22,26)(H,24,27)/t18-/m0/s1. The van der Waals surface area contributed by atoms with Gasteiger partial charge in [-0.15, -0.1) is 0 Å². The zero-order chi connectivity index (χ0) is 19.2. The molecule has 1 aromatic heterocycles. The van der Waals surface area contributed by atoms with Crippen molar-refractivity contribution in [1.82, 2.24) is 20.1 Å². The maximum atomic E-state index is 12.6. The lowest BCUT2D eigenvalue weighted by atomic mass is 10.0. The van der Waals surface area contributed by atoms with E-state index in [0.717, 1.165) is 17.5 Å². The maximum absolute atomic E-state index is 12.6. The minimum absolute atomic E-state index is 0.0115. The van der Waals surface area contributed by atoms with Gasteiger partial charge in [-0.25, -0.2) is 0 Å². The van der Waals surface area contributed by atoms with Crippen LogP contribution < -0.4 is 5.32 Å². The average Bonchev–Trinajstić information content (AvgIpc) is 3.01. The molecular weight excluding hydrogens is 356 g/mol. The Bertz CT molecular complexity index is 944. The zero-order valence-corrected chi connectivity index (χ0v) is 16.4. The first-order valence-electron chi connectivity index (χ1n) is 9.10. The van der Waals surface area contributed by atoms with Gasteiger partial charge in [-0.1, -0.05) is 67.1 Å². The lowest BCUT2D eigenvalue weighted by Crippen LogP contribution is -2.30. The first kappa shape index (κ1) is 19.0. The van der Waals surface area contributed by atoms with Gasteiger partial charge in [0.2, 0.25) is 5.91 Å². The first-order valence-corrected chi connectivity index (χ1v) is 9.51. The summed E-state index contributed by atoms with van der Waals surface area (Å²) < 4.78 is 2.39. The minimum Gasteiger partial charge on any atom is -0.349 e. The molecule has 0 aliphatic rings. The smallest absolute Gasteiger partial charge is 0.228 e. The van der Waals surface area contributed by atoms with Crippen molar-refractivity contribution in [1.29, 1.82) is 0 Å². The fraction of sp³-hybridized carbons (Fsp3) is 0.286. The number of nitrogens with zero attached hydrogens (tertiary/aromatic N) is 2. The van der Waals surface area contributed by atoms with E-state index in [-0.39, 0.29) is 18.4 Å². The molecule has 0 aliphatic carbocycles. The molecule has 2 N–H and O–H groups in total. The Labute approximate surface area is 164 Å². The highest BCUT2D eigenvalue weighted by molar-refractivity contribution is 7.71. The number of aromatic nitrogens is 3. The average molecular weight is 381 g/mol. The Kier molecular flexibility index (Phi) is 6.19. The van der Waals surface area contributed by atoms with Crippen LogP contribution >= 0.6 is 12.2 Å². The number of rotatable bonds is 7. The summed E-state index contributed by atoms with van der Waals surface area (Å²) in [6.07, 6.45) is 1.01. The van der Waals surface area contributed by atoms with Crippen LogP contribution in [0.2, 0.25) is 0 Å². The van der Waals surface area contributed by atoms with E-state index in [1.54, 1.807) is 0 Å². The second kappa shape index (κ2) is 8.77. The van der Waals surface area contributed by atoms with Crippen molar-refractivity contribution in [3.8, 4) is 0 Å². The van der Waals surface area contributed by atoms with Crippen molar-refractivity contribution in [2.75, 3.05) is 0 Å². The second-order valence-electron chi connectivity index (χ2n) is 6.63. The third-order valence-electron chi connectivity index (χ3n) is 4.56. The first-order chi connectivity index (χ1) is 13.1. The van der Waals surface area contributed by atoms with Crippen molar-refractivity contribution in [3.05, 3.63) is 81.9 Å². The summed E-state index contributed by atoms with van der Waals surface area (Å²) >= 11 is 5.34. The van der Waals surface area contributed by atoms with Gasteiger partial charge in [0.05, 0.1) is 19.0 Å². The van der Waals surface area contributed by atoms with Gasteiger partial charge in [0.1, 0.15) is 5.82 Å². The molecule has 0 spiro atoms. The van der Waals surface area contributed by atoms with Gasteiger partial charge in [0.25, 0.3) is 0 Å². The largest absolute Gasteiger partial charge is 0.349 e. The molecule has 0 saturated carbocycles. The van der Waals surface area contributed by atoms with Gasteiger partial charge < -0.3 is 5.32 Å². The van der Waals surface area contributed by atoms with E-state index in [1.165, 1.54) is 5.56 Å². The molecule has 3 rings (SSSR count). The molecule has 0 radical (unpaired) electrons. The molecule has 0 unspecified atom stereocenters. The zero-order valence-electron chi connectivity index (χ0n) is 15.6. The Hall–Kier alpha value is -2.73. The summed E-state index contributed by atoms with van der Waals surface area (Å²) in [5.41, 5.74) is 3.43. The quantitative estimate of drug-likeness (QED) is 0.607. The van der Waals surface area contributed by atoms with Crippen LogP contribution in [0.25, 0.3) is 0 Å². The summed E-state index contributed by atoms with van der Waals surface area (Å²) in [7, 11) is 0. The number of amides is 1. The van der Waals surface area contributed by atoms with E-state index < -0.39 is 0 Å². The fourth-order valence-electron chi connectivity index (χ4n) is 3.02. The highest BCUT2D eigenvalue weighted by atomic mass is 32.1. The van der Waals surface area contributed by atoms with Gasteiger partial charge in [0.15, 0.2) is 4.77 Å². The summed E-state index contributed by atoms with van der Waals surface area (Å²) in [4.78, 5) is 12.6. The molecule has 0 bridgehead atoms. The lowest BCUT2D eigenvalue weighted by molar-refractivity contribution is -0.121. The van der Waals surface area contributed by atoms with Crippen molar-refractivity contribution >= 4 is 18.1 Å². The molecule has 3 aromatic rings. The number of carbonyl (C=O) groups excluding carboxylic acids is 1. The van der Waals surface area contributed by atoms with Crippen LogP contribution in [0.15, 0.2) is 54.6 Å². The summed E-state index contributed by atoms with van der Waals surface area (Å²) in [6.45, 7) is 4.71. The molecule has 0 aliphatic heterocycles. The normalized spacial score (nSPS) is 11.9. The van der Waals surface area contributed by atoms with Gasteiger partial charge in [-0.05, 0) is 36.7 Å². The van der Waals surface area contributed by atoms with Crippen molar-refractivity contribution in [2.45, 2.75) is 39.3 Å². The molecule has 0 fully saturated rings. The molecule has 0 saturated heterocycles. The molecule has 5 nitrogen and oxygen atoms in total. The van der Waals surface area contributed by atoms with Gasteiger partial charge in [0, 0.05) is 0 Å². The Morgan fingerprint density at radius 1 is 1.19 bits per heavy atom. The van der Waals surface area contributed by atoms with Gasteiger partial charge in [-0.3, -0.25) is 14.5 Å². The molecular formula is C21H24N4OS. The van der Waals surface area contributed by atoms with Crippen LogP contribution in [0.4, 0.5) is 0 Å². The SMILES string of the molecule is CC[C@H](NC(=O)Cc1n[nH]c(=S)n1Cc1ccccc1)c1ccc(C)cc1. The van der Waals surface area contributed by atoms with Crippen LogP contribution in [0.3, 0.4) is 0 Å². The monoisotopic (exact) mass is 380 g/mol. The predicted molar refractivity (Wildman–Crippen MR) is 109 cm³/mol. The van der Waals surface area contributed by atoms with Crippen LogP contribution in [0, 0.1) is 11.7 Å². The molecule has 6 heteroatoms. The van der Waals surface area contributed by atoms with Crippen molar-refractivity contribution in [3.63, 3.8) is 0 Å². The molecule has 27 heavy (non-hydrogen) atoms. The number of hydrogen-bond donors (Lipinski definition) is 2. The van der Waals surface area contributed by atoms with E-state index in [2.05, 4.69) is 53.6 Å². The number of nitrogens with one attached hydrogen (secondary N) is 2. The van der Waals surface area contributed by atoms with Crippen LogP contribution in [-0.2, 0) is 17.8 Å². The van der Waals surface area contributed by atoms with Crippen LogP contribution in [0.5, 0.6) is 0 Å². The highest BCUT2D eigenvalue weighted by Gasteiger charge is 2.16. The van der Waals surface area contributed by atoms with E-state index in [9.17, 15) is 4.79 Å². The van der Waals surface area contributed by atoms with E-state index in [0.29, 0.717) is 17.1 Å². The van der Waals surface area contributed by atoms with Crippen molar-refractivity contribution in [2.24, 2.45) is 0 Å². The van der Waals surface area contributed by atoms with Crippen LogP contribution in [-0.4, -0.2) is 20.7 Å². The van der Waals surface area contributed by atoms with Crippen molar-refractivity contribution < 1.29 is 4.79 Å². The second-order valence-corrected chi connectivity index (χ2v) is 7.02. The Morgan fingerprint density at radius 2 is 1.89 bits per heavy atom. The number of carbonyl (C=O) groups is 1. The number of aryl methyl sites for hydroxylation is 1. The molecule has 1 atom stereocenters. The number of H-pyrrole nitrogens is 1. The minimum atomic E-state index is -0.0641. The molecule has 1 amide bonds. The fourth-order valence-corrected chi connectivity index (χ4v) is 3.24. The number of hydrogen-bond acceptors (Lipinski definition) is 3. The van der Waals surface area contributed by atoms with Gasteiger partial charge in [-0.2, -0.15) is 5.10 Å². The predicted octanol–water partition coefficient (Wildman–Crippen LogP) is 4.11. The van der Waals surface area contributed by atoms with E-state index >= 15 is 0 Å². The van der Waals surface area contributed by atoms with Gasteiger partial charge >= 0.3 is 0 Å². The molecule has 1 heterocycles. The summed E-state index contributed by atoms with van der Waals surface area (Å²) in [5.74, 6) is 0.575. The Morgan fingerprint density at radius 3 is 2.56 bits per heavy atom. The van der Waals surface area contributed by atoms with E-state index in [4.69, 9.17) is 12.2 Å². The highest BCUT2D eigenvalue weighted by Crippen LogP contribution is 2.17. The maximum Gasteiger partial charge on any atom is 0.228 e.